The van der Waals surface area contributed by atoms with Gasteiger partial charge in [0.25, 0.3) is 0 Å². The predicted octanol–water partition coefficient (Wildman–Crippen LogP) is 3.51. The van der Waals surface area contributed by atoms with Gasteiger partial charge in [0.2, 0.25) is 0 Å². The summed E-state index contributed by atoms with van der Waals surface area (Å²) >= 11 is 0. The van der Waals surface area contributed by atoms with Crippen LogP contribution in [0.5, 0.6) is 0 Å². The molecule has 1 aromatic rings. The lowest BCUT2D eigenvalue weighted by Gasteiger charge is -2.24. The minimum atomic E-state index is -0.478. The van der Waals surface area contributed by atoms with Crippen molar-refractivity contribution in [2.75, 3.05) is 0 Å². The molecule has 1 heterocycles. The topological polar surface area (TPSA) is 56.2 Å². The molecule has 5 heteroatoms. The van der Waals surface area contributed by atoms with Gasteiger partial charge in [-0.25, -0.2) is 9.78 Å². The second-order valence-corrected chi connectivity index (χ2v) is 6.37. The molecule has 1 amide bonds. The van der Waals surface area contributed by atoms with Crippen molar-refractivity contribution in [1.82, 2.24) is 14.9 Å². The minimum Gasteiger partial charge on any atom is -0.444 e. The van der Waals surface area contributed by atoms with Crippen LogP contribution in [0.3, 0.4) is 0 Å². The van der Waals surface area contributed by atoms with Crippen LogP contribution >= 0.6 is 0 Å². The van der Waals surface area contributed by atoms with Gasteiger partial charge in [0.1, 0.15) is 5.60 Å². The van der Waals surface area contributed by atoms with Crippen molar-refractivity contribution in [2.24, 2.45) is 5.92 Å². The van der Waals surface area contributed by atoms with Crippen molar-refractivity contribution in [2.45, 2.75) is 66.2 Å². The van der Waals surface area contributed by atoms with Crippen LogP contribution in [0.15, 0.2) is 12.5 Å². The number of carbonyl (C=O) groups is 1. The first-order valence-corrected chi connectivity index (χ1v) is 7.22. The highest BCUT2D eigenvalue weighted by Gasteiger charge is 2.18. The van der Waals surface area contributed by atoms with Gasteiger partial charge >= 0.3 is 6.09 Å². The maximum atomic E-state index is 11.7. The quantitative estimate of drug-likeness (QED) is 0.898. The average molecular weight is 281 g/mol. The van der Waals surface area contributed by atoms with Gasteiger partial charge in [-0.05, 0) is 33.1 Å². The Morgan fingerprint density at radius 1 is 1.45 bits per heavy atom. The Kier molecular flexibility index (Phi) is 5.60. The van der Waals surface area contributed by atoms with Crippen molar-refractivity contribution in [3.05, 3.63) is 18.2 Å². The number of hydrogen-bond acceptors (Lipinski definition) is 3. The SMILES string of the molecule is CCC(C(C)C)n1cncc1CNC(=O)OC(C)(C)C. The smallest absolute Gasteiger partial charge is 0.407 e. The fourth-order valence-electron chi connectivity index (χ4n) is 2.23. The van der Waals surface area contributed by atoms with Crippen LogP contribution in [-0.2, 0) is 11.3 Å². The van der Waals surface area contributed by atoms with Gasteiger partial charge in [-0.3, -0.25) is 0 Å². The summed E-state index contributed by atoms with van der Waals surface area (Å²) in [5, 5.41) is 2.78. The van der Waals surface area contributed by atoms with Gasteiger partial charge in [-0.1, -0.05) is 20.8 Å². The lowest BCUT2D eigenvalue weighted by Crippen LogP contribution is -2.33. The zero-order chi connectivity index (χ0) is 15.3. The van der Waals surface area contributed by atoms with E-state index < -0.39 is 11.7 Å². The number of hydrogen-bond donors (Lipinski definition) is 1. The molecule has 0 aliphatic carbocycles. The third kappa shape index (κ3) is 4.87. The van der Waals surface area contributed by atoms with E-state index in [1.54, 1.807) is 6.20 Å². The van der Waals surface area contributed by atoms with E-state index in [-0.39, 0.29) is 0 Å². The first kappa shape index (κ1) is 16.5. The number of rotatable bonds is 5. The van der Waals surface area contributed by atoms with Crippen LogP contribution in [0.1, 0.15) is 59.7 Å². The van der Waals surface area contributed by atoms with Gasteiger partial charge in [0.15, 0.2) is 0 Å². The van der Waals surface area contributed by atoms with Gasteiger partial charge in [0.05, 0.1) is 18.6 Å². The van der Waals surface area contributed by atoms with E-state index in [4.69, 9.17) is 4.74 Å². The van der Waals surface area contributed by atoms with Crippen LogP contribution in [0, 0.1) is 5.92 Å². The summed E-state index contributed by atoms with van der Waals surface area (Å²) in [7, 11) is 0. The van der Waals surface area contributed by atoms with E-state index in [0.29, 0.717) is 18.5 Å². The van der Waals surface area contributed by atoms with E-state index in [2.05, 4.69) is 35.6 Å². The number of aromatic nitrogens is 2. The summed E-state index contributed by atoms with van der Waals surface area (Å²) < 4.78 is 7.37. The lowest BCUT2D eigenvalue weighted by atomic mass is 10.0. The molecular formula is C15H27N3O2. The van der Waals surface area contributed by atoms with Crippen LogP contribution in [0.2, 0.25) is 0 Å². The maximum absolute atomic E-state index is 11.7. The highest BCUT2D eigenvalue weighted by atomic mass is 16.6. The second kappa shape index (κ2) is 6.77. The summed E-state index contributed by atoms with van der Waals surface area (Å²) in [4.78, 5) is 15.9. The van der Waals surface area contributed by atoms with Crippen molar-refractivity contribution < 1.29 is 9.53 Å². The summed E-state index contributed by atoms with van der Waals surface area (Å²) in [6, 6.07) is 0.396. The van der Waals surface area contributed by atoms with Crippen LogP contribution < -0.4 is 5.32 Å². The Morgan fingerprint density at radius 2 is 2.10 bits per heavy atom. The van der Waals surface area contributed by atoms with Gasteiger partial charge in [-0.15, -0.1) is 0 Å². The minimum absolute atomic E-state index is 0.396. The number of carbonyl (C=O) groups excluding carboxylic acids is 1. The third-order valence-corrected chi connectivity index (χ3v) is 3.10. The molecule has 0 saturated heterocycles. The number of alkyl carbamates (subject to hydrolysis) is 1. The van der Waals surface area contributed by atoms with Crippen LogP contribution in [0.25, 0.3) is 0 Å². The fraction of sp³-hybridized carbons (Fsp3) is 0.733. The van der Waals surface area contributed by atoms with E-state index in [1.165, 1.54) is 0 Å². The standard InChI is InChI=1S/C15H27N3O2/c1-7-13(11(2)3)18-10-16-8-12(18)9-17-14(19)20-15(4,5)6/h8,10-11,13H,7,9H2,1-6H3,(H,17,19). The largest absolute Gasteiger partial charge is 0.444 e. The Morgan fingerprint density at radius 3 is 2.60 bits per heavy atom. The molecule has 0 saturated carbocycles. The Bertz CT molecular complexity index is 433. The van der Waals surface area contributed by atoms with Crippen molar-refractivity contribution in [3.8, 4) is 0 Å². The number of nitrogens with zero attached hydrogens (tertiary/aromatic N) is 2. The molecule has 0 bridgehead atoms. The average Bonchev–Trinajstić information content (AvgIpc) is 2.73. The molecule has 0 aromatic carbocycles. The summed E-state index contributed by atoms with van der Waals surface area (Å²) in [5.74, 6) is 0.523. The van der Waals surface area contributed by atoms with E-state index in [9.17, 15) is 4.79 Å². The molecule has 5 nitrogen and oxygen atoms in total. The summed E-state index contributed by atoms with van der Waals surface area (Å²) in [6.07, 6.45) is 4.26. The first-order valence-electron chi connectivity index (χ1n) is 7.22. The summed E-state index contributed by atoms with van der Waals surface area (Å²) in [6.45, 7) is 12.5. The number of amides is 1. The second-order valence-electron chi connectivity index (χ2n) is 6.37. The molecule has 114 valence electrons. The van der Waals surface area contributed by atoms with E-state index in [0.717, 1.165) is 12.1 Å². The van der Waals surface area contributed by atoms with Gasteiger partial charge in [0, 0.05) is 12.2 Å². The summed E-state index contributed by atoms with van der Waals surface area (Å²) in [5.41, 5.74) is 0.519. The maximum Gasteiger partial charge on any atom is 0.407 e. The number of ether oxygens (including phenoxy) is 1. The van der Waals surface area contributed by atoms with E-state index >= 15 is 0 Å². The molecule has 1 N–H and O–H groups in total. The molecule has 1 atom stereocenters. The molecule has 0 spiro atoms. The van der Waals surface area contributed by atoms with Gasteiger partial charge in [-0.2, -0.15) is 0 Å². The first-order chi connectivity index (χ1) is 9.24. The Balaban J connectivity index is 2.66. The van der Waals surface area contributed by atoms with Gasteiger partial charge < -0.3 is 14.6 Å². The third-order valence-electron chi connectivity index (χ3n) is 3.10. The zero-order valence-electron chi connectivity index (χ0n) is 13.4. The molecule has 0 fully saturated rings. The predicted molar refractivity (Wildman–Crippen MR) is 79.5 cm³/mol. The van der Waals surface area contributed by atoms with Crippen molar-refractivity contribution in [3.63, 3.8) is 0 Å². The molecule has 1 rings (SSSR count). The lowest BCUT2D eigenvalue weighted by molar-refractivity contribution is 0.0522. The molecule has 20 heavy (non-hydrogen) atoms. The Labute approximate surface area is 121 Å². The zero-order valence-corrected chi connectivity index (χ0v) is 13.4. The molecule has 0 radical (unpaired) electrons. The molecular weight excluding hydrogens is 254 g/mol. The monoisotopic (exact) mass is 281 g/mol. The number of nitrogens with one attached hydrogen (secondary N) is 1. The Hall–Kier alpha value is -1.52. The molecule has 1 aromatic heterocycles. The highest BCUT2D eigenvalue weighted by molar-refractivity contribution is 5.67. The van der Waals surface area contributed by atoms with Crippen molar-refractivity contribution in [1.29, 1.82) is 0 Å². The molecule has 1 unspecified atom stereocenters. The molecule has 0 aliphatic heterocycles. The van der Waals surface area contributed by atoms with Crippen molar-refractivity contribution >= 4 is 6.09 Å². The number of imidazole rings is 1. The van der Waals surface area contributed by atoms with Crippen LogP contribution in [-0.4, -0.2) is 21.2 Å². The molecule has 0 aliphatic rings. The van der Waals surface area contributed by atoms with E-state index in [1.807, 2.05) is 27.1 Å². The fourth-order valence-corrected chi connectivity index (χ4v) is 2.23. The van der Waals surface area contributed by atoms with Crippen LogP contribution in [0.4, 0.5) is 4.79 Å². The highest BCUT2D eigenvalue weighted by Crippen LogP contribution is 2.22. The normalized spacial score (nSPS) is 13.3.